The Morgan fingerprint density at radius 1 is 1.13 bits per heavy atom. The maximum atomic E-state index is 5.66. The molecule has 2 N–H and O–H groups in total. The summed E-state index contributed by atoms with van der Waals surface area (Å²) in [4.78, 5) is 25.6. The summed E-state index contributed by atoms with van der Waals surface area (Å²) in [6.07, 6.45) is 6.86. The number of methoxy groups -OCH3 is 1. The van der Waals surface area contributed by atoms with Crippen molar-refractivity contribution >= 4 is 33.3 Å². The lowest BCUT2D eigenvalue weighted by atomic mass is 10.1. The number of thiophene rings is 1. The van der Waals surface area contributed by atoms with Gasteiger partial charge in [-0.25, -0.2) is 19.9 Å². The lowest BCUT2D eigenvalue weighted by Crippen LogP contribution is -2.36. The van der Waals surface area contributed by atoms with Crippen molar-refractivity contribution in [3.8, 4) is 27.6 Å². The molecule has 0 unspecified atom stereocenters. The number of hydrogen-bond acceptors (Lipinski definition) is 10. The van der Waals surface area contributed by atoms with E-state index >= 15 is 0 Å². The molecule has 1 saturated heterocycles. The zero-order chi connectivity index (χ0) is 21.4. The van der Waals surface area contributed by atoms with Gasteiger partial charge in [0.2, 0.25) is 5.95 Å². The van der Waals surface area contributed by atoms with Crippen LogP contribution in [-0.2, 0) is 4.74 Å². The third-order valence-electron chi connectivity index (χ3n) is 5.23. The predicted molar refractivity (Wildman–Crippen MR) is 120 cm³/mol. The summed E-state index contributed by atoms with van der Waals surface area (Å²) in [5.74, 6) is 2.45. The van der Waals surface area contributed by atoms with E-state index in [2.05, 4.69) is 26.8 Å². The molecule has 0 saturated carbocycles. The molecule has 4 aromatic rings. The van der Waals surface area contributed by atoms with Gasteiger partial charge in [0.25, 0.3) is 0 Å². The van der Waals surface area contributed by atoms with Crippen molar-refractivity contribution in [2.24, 2.45) is 0 Å². The van der Waals surface area contributed by atoms with Crippen LogP contribution in [0.5, 0.6) is 5.75 Å². The van der Waals surface area contributed by atoms with Gasteiger partial charge >= 0.3 is 0 Å². The van der Waals surface area contributed by atoms with Crippen molar-refractivity contribution in [3.05, 3.63) is 36.4 Å². The molecule has 0 atom stereocenters. The highest BCUT2D eigenvalue weighted by molar-refractivity contribution is 7.23. The number of hydrogen-bond donors (Lipinski definition) is 1. The van der Waals surface area contributed by atoms with Crippen molar-refractivity contribution in [3.63, 3.8) is 0 Å². The first kappa shape index (κ1) is 19.6. The normalized spacial score (nSPS) is 14.2. The molecule has 31 heavy (non-hydrogen) atoms. The predicted octanol–water partition coefficient (Wildman–Crippen LogP) is 2.95. The average molecular weight is 436 g/mol. The van der Waals surface area contributed by atoms with Gasteiger partial charge in [0.1, 0.15) is 5.75 Å². The number of aryl methyl sites for hydroxylation is 1. The first-order valence-corrected chi connectivity index (χ1v) is 10.7. The molecule has 0 radical (unpaired) electrons. The second-order valence-electron chi connectivity index (χ2n) is 7.11. The number of nitrogen functional groups attached to an aromatic ring is 1. The molecule has 1 aliphatic rings. The standard InChI is InChI=1S/C21H21N7O2S/c1-12-16-18(31-17(12)14-11-23-4-3-15(14)29-2)20(28-5-7-30-8-6-28)27-19(26-16)13-9-24-21(22)25-10-13/h3-4,9-11H,5-8H2,1-2H3,(H2,22,24,25). The fourth-order valence-corrected chi connectivity index (χ4v) is 4.91. The molecule has 9 nitrogen and oxygen atoms in total. The third-order valence-corrected chi connectivity index (χ3v) is 6.54. The third kappa shape index (κ3) is 3.53. The highest BCUT2D eigenvalue weighted by Crippen LogP contribution is 2.44. The van der Waals surface area contributed by atoms with Crippen molar-refractivity contribution in [2.45, 2.75) is 6.92 Å². The van der Waals surface area contributed by atoms with Crippen LogP contribution in [0.25, 0.3) is 32.0 Å². The molecule has 4 aromatic heterocycles. The van der Waals surface area contributed by atoms with E-state index in [1.54, 1.807) is 37.0 Å². The maximum absolute atomic E-state index is 5.66. The molecule has 158 valence electrons. The summed E-state index contributed by atoms with van der Waals surface area (Å²) in [7, 11) is 1.67. The van der Waals surface area contributed by atoms with Gasteiger partial charge in [0.05, 0.1) is 41.7 Å². The zero-order valence-electron chi connectivity index (χ0n) is 17.2. The minimum Gasteiger partial charge on any atom is -0.496 e. The molecule has 5 heterocycles. The van der Waals surface area contributed by atoms with E-state index in [9.17, 15) is 0 Å². The van der Waals surface area contributed by atoms with E-state index in [0.717, 1.165) is 56.4 Å². The summed E-state index contributed by atoms with van der Waals surface area (Å²) in [5.41, 5.74) is 9.27. The summed E-state index contributed by atoms with van der Waals surface area (Å²) in [6.45, 7) is 4.94. The van der Waals surface area contributed by atoms with Crippen LogP contribution in [0.4, 0.5) is 11.8 Å². The number of morpholine rings is 1. The van der Waals surface area contributed by atoms with Gasteiger partial charge in [0, 0.05) is 42.8 Å². The van der Waals surface area contributed by atoms with Gasteiger partial charge in [-0.2, -0.15) is 0 Å². The largest absolute Gasteiger partial charge is 0.496 e. The van der Waals surface area contributed by atoms with Crippen LogP contribution in [0, 0.1) is 6.92 Å². The molecule has 10 heteroatoms. The van der Waals surface area contributed by atoms with Crippen LogP contribution in [-0.4, -0.2) is 58.3 Å². The van der Waals surface area contributed by atoms with Crippen LogP contribution >= 0.6 is 11.3 Å². The molecule has 0 amide bonds. The fourth-order valence-electron chi connectivity index (χ4n) is 3.63. The number of pyridine rings is 1. The van der Waals surface area contributed by atoms with Crippen LogP contribution in [0.2, 0.25) is 0 Å². The summed E-state index contributed by atoms with van der Waals surface area (Å²) >= 11 is 1.65. The molecule has 1 fully saturated rings. The molecule has 0 aliphatic carbocycles. The number of nitrogens with two attached hydrogens (primary N) is 1. The Morgan fingerprint density at radius 3 is 2.65 bits per heavy atom. The molecule has 0 aromatic carbocycles. The second kappa shape index (κ2) is 8.05. The van der Waals surface area contributed by atoms with Crippen molar-refractivity contribution in [1.29, 1.82) is 0 Å². The van der Waals surface area contributed by atoms with Crippen molar-refractivity contribution < 1.29 is 9.47 Å². The molecule has 1 aliphatic heterocycles. The molecule has 5 rings (SSSR count). The maximum Gasteiger partial charge on any atom is 0.219 e. The smallest absolute Gasteiger partial charge is 0.219 e. The number of fused-ring (bicyclic) bond motifs is 1. The molecular weight excluding hydrogens is 414 g/mol. The topological polar surface area (TPSA) is 112 Å². The molecular formula is C21H21N7O2S. The number of ether oxygens (including phenoxy) is 2. The summed E-state index contributed by atoms with van der Waals surface area (Å²) < 4.78 is 12.2. The number of anilines is 2. The highest BCUT2D eigenvalue weighted by atomic mass is 32.1. The van der Waals surface area contributed by atoms with Gasteiger partial charge < -0.3 is 20.1 Å². The van der Waals surface area contributed by atoms with Gasteiger partial charge in [0.15, 0.2) is 11.6 Å². The number of nitrogens with zero attached hydrogens (tertiary/aromatic N) is 6. The first-order valence-electron chi connectivity index (χ1n) is 9.86. The van der Waals surface area contributed by atoms with E-state index < -0.39 is 0 Å². The first-order chi connectivity index (χ1) is 15.2. The zero-order valence-corrected chi connectivity index (χ0v) is 18.0. The van der Waals surface area contributed by atoms with E-state index in [-0.39, 0.29) is 5.95 Å². The van der Waals surface area contributed by atoms with Crippen molar-refractivity contribution in [1.82, 2.24) is 24.9 Å². The van der Waals surface area contributed by atoms with Crippen LogP contribution < -0.4 is 15.4 Å². The lowest BCUT2D eigenvalue weighted by Gasteiger charge is -2.28. The molecule has 0 spiro atoms. The van der Waals surface area contributed by atoms with Gasteiger partial charge in [-0.05, 0) is 18.6 Å². The summed E-state index contributed by atoms with van der Waals surface area (Å²) in [5, 5.41) is 0. The van der Waals surface area contributed by atoms with E-state index in [1.165, 1.54) is 0 Å². The number of aromatic nitrogens is 5. The van der Waals surface area contributed by atoms with Crippen LogP contribution in [0.1, 0.15) is 5.56 Å². The van der Waals surface area contributed by atoms with E-state index in [0.29, 0.717) is 19.0 Å². The highest BCUT2D eigenvalue weighted by Gasteiger charge is 2.24. The summed E-state index contributed by atoms with van der Waals surface area (Å²) in [6, 6.07) is 1.87. The second-order valence-corrected chi connectivity index (χ2v) is 8.13. The molecule has 0 bridgehead atoms. The Labute approximate surface area is 182 Å². The minimum absolute atomic E-state index is 0.218. The SMILES string of the molecule is COc1ccncc1-c1sc2c(N3CCOCC3)nc(-c3cnc(N)nc3)nc2c1C. The Bertz CT molecular complexity index is 1240. The minimum atomic E-state index is 0.218. The Balaban J connectivity index is 1.74. The Hall–Kier alpha value is -3.37. The quantitative estimate of drug-likeness (QED) is 0.517. The van der Waals surface area contributed by atoms with Gasteiger partial charge in [-0.1, -0.05) is 0 Å². The van der Waals surface area contributed by atoms with Crippen LogP contribution in [0.15, 0.2) is 30.9 Å². The fraction of sp³-hybridized carbons (Fsp3) is 0.286. The average Bonchev–Trinajstić information content (AvgIpc) is 3.15. The Morgan fingerprint density at radius 2 is 1.90 bits per heavy atom. The van der Waals surface area contributed by atoms with Gasteiger partial charge in [-0.15, -0.1) is 11.3 Å². The van der Waals surface area contributed by atoms with Gasteiger partial charge in [-0.3, -0.25) is 4.98 Å². The van der Waals surface area contributed by atoms with Crippen LogP contribution in [0.3, 0.4) is 0 Å². The lowest BCUT2D eigenvalue weighted by molar-refractivity contribution is 0.122. The Kier molecular flexibility index (Phi) is 5.08. The van der Waals surface area contributed by atoms with Crippen molar-refractivity contribution in [2.75, 3.05) is 44.0 Å². The van der Waals surface area contributed by atoms with E-state index in [1.807, 2.05) is 12.3 Å². The van der Waals surface area contributed by atoms with E-state index in [4.69, 9.17) is 25.2 Å². The number of rotatable bonds is 4. The monoisotopic (exact) mass is 435 g/mol.